The third kappa shape index (κ3) is 5.45. The summed E-state index contributed by atoms with van der Waals surface area (Å²) in [5, 5.41) is 12.5. The first kappa shape index (κ1) is 26.0. The highest BCUT2D eigenvalue weighted by atomic mass is 19.4. The lowest BCUT2D eigenvalue weighted by atomic mass is 9.92. The van der Waals surface area contributed by atoms with Crippen LogP contribution in [0.25, 0.3) is 10.9 Å². The number of benzene rings is 1. The number of hydrogen-bond acceptors (Lipinski definition) is 7. The Morgan fingerprint density at radius 3 is 2.34 bits per heavy atom. The maximum Gasteiger partial charge on any atom is 0.416 e. The number of piperidine rings is 2. The molecule has 1 aromatic carbocycles. The van der Waals surface area contributed by atoms with Crippen molar-refractivity contribution in [1.29, 1.82) is 0 Å². The molecule has 0 aliphatic carbocycles. The molecule has 0 spiro atoms. The Bertz CT molecular complexity index is 1350. The van der Waals surface area contributed by atoms with E-state index in [1.54, 1.807) is 6.07 Å². The second-order valence-electron chi connectivity index (χ2n) is 9.85. The summed E-state index contributed by atoms with van der Waals surface area (Å²) >= 11 is 0. The van der Waals surface area contributed by atoms with Gasteiger partial charge in [-0.25, -0.2) is 4.98 Å². The number of H-pyrrole nitrogens is 1. The number of hydrogen-bond donors (Lipinski definition) is 3. The number of fused-ring (bicyclic) bond motifs is 1. The Labute approximate surface area is 216 Å². The quantitative estimate of drug-likeness (QED) is 0.463. The van der Waals surface area contributed by atoms with E-state index >= 15 is 0 Å². The molecule has 3 N–H and O–H groups in total. The number of halogens is 3. The maximum atomic E-state index is 13.0. The fourth-order valence-electron chi connectivity index (χ4n) is 5.11. The first-order valence-corrected chi connectivity index (χ1v) is 12.7. The molecule has 0 unspecified atom stereocenters. The highest BCUT2D eigenvalue weighted by molar-refractivity contribution is 5.91. The lowest BCUT2D eigenvalue weighted by Crippen LogP contribution is -2.46. The second kappa shape index (κ2) is 10.6. The molecule has 2 saturated heterocycles. The first-order chi connectivity index (χ1) is 18.2. The number of alkyl halides is 3. The summed E-state index contributed by atoms with van der Waals surface area (Å²) in [6.07, 6.45) is -0.0594. The van der Waals surface area contributed by atoms with Crippen molar-refractivity contribution in [2.45, 2.75) is 31.9 Å². The topological polar surface area (TPSA) is 114 Å². The van der Waals surface area contributed by atoms with Gasteiger partial charge in [-0.1, -0.05) is 0 Å². The number of rotatable bonds is 5. The molecular formula is C26H29F3N6O3. The van der Waals surface area contributed by atoms with Crippen molar-refractivity contribution in [2.24, 2.45) is 11.8 Å². The zero-order chi connectivity index (χ0) is 26.9. The number of nitrogens with zero attached hydrogens (tertiary/aromatic N) is 4. The minimum atomic E-state index is -4.45. The molecule has 3 aromatic rings. The summed E-state index contributed by atoms with van der Waals surface area (Å²) < 4.78 is 38.9. The van der Waals surface area contributed by atoms with E-state index in [9.17, 15) is 27.9 Å². The Morgan fingerprint density at radius 1 is 1.03 bits per heavy atom. The smallest absolute Gasteiger partial charge is 0.396 e. The van der Waals surface area contributed by atoms with Crippen LogP contribution < -0.4 is 15.8 Å². The number of nitrogens with one attached hydrogen (secondary N) is 2. The van der Waals surface area contributed by atoms with E-state index in [1.807, 2.05) is 9.80 Å². The van der Waals surface area contributed by atoms with Crippen molar-refractivity contribution in [3.63, 3.8) is 0 Å². The number of aromatic amines is 1. The molecule has 9 nitrogen and oxygen atoms in total. The summed E-state index contributed by atoms with van der Waals surface area (Å²) in [7, 11) is 0. The van der Waals surface area contributed by atoms with E-state index in [0.717, 1.165) is 25.0 Å². The zero-order valence-corrected chi connectivity index (χ0v) is 20.7. The lowest BCUT2D eigenvalue weighted by Gasteiger charge is -2.37. The van der Waals surface area contributed by atoms with Gasteiger partial charge in [-0.05, 0) is 61.9 Å². The van der Waals surface area contributed by atoms with Crippen molar-refractivity contribution in [3.8, 4) is 0 Å². The zero-order valence-electron chi connectivity index (χ0n) is 20.7. The Hall–Kier alpha value is -3.67. The number of aliphatic hydroxyl groups is 1. The second-order valence-corrected chi connectivity index (χ2v) is 9.85. The molecule has 2 aliphatic rings. The SMILES string of the molecule is O=C(C1CCN(c2nc(Nc3ccc(C(F)(F)F)cc3)c3c(=O)[nH]ccc3n2)CC1)N1CCC(CO)CC1. The molecule has 1 amide bonds. The van der Waals surface area contributed by atoms with Gasteiger partial charge in [0.15, 0.2) is 0 Å². The number of aromatic nitrogens is 3. The van der Waals surface area contributed by atoms with Gasteiger partial charge in [0.2, 0.25) is 11.9 Å². The van der Waals surface area contributed by atoms with Crippen molar-refractivity contribution in [2.75, 3.05) is 43.0 Å². The van der Waals surface area contributed by atoms with Crippen LogP contribution in [0.1, 0.15) is 31.2 Å². The van der Waals surface area contributed by atoms with Crippen molar-refractivity contribution in [1.82, 2.24) is 19.9 Å². The van der Waals surface area contributed by atoms with E-state index in [4.69, 9.17) is 0 Å². The normalized spacial score (nSPS) is 17.7. The van der Waals surface area contributed by atoms with Crippen LogP contribution in [0.2, 0.25) is 0 Å². The third-order valence-corrected chi connectivity index (χ3v) is 7.39. The largest absolute Gasteiger partial charge is 0.416 e. The van der Waals surface area contributed by atoms with E-state index < -0.39 is 17.3 Å². The predicted octanol–water partition coefficient (Wildman–Crippen LogP) is 3.53. The minimum absolute atomic E-state index is 0.0926. The summed E-state index contributed by atoms with van der Waals surface area (Å²) in [6, 6.07) is 6.14. The van der Waals surface area contributed by atoms with Gasteiger partial charge in [-0.3, -0.25) is 9.59 Å². The van der Waals surface area contributed by atoms with Gasteiger partial charge in [0.05, 0.1) is 11.1 Å². The molecule has 2 aliphatic heterocycles. The van der Waals surface area contributed by atoms with Crippen LogP contribution in [0.15, 0.2) is 41.3 Å². The number of carbonyl (C=O) groups is 1. The third-order valence-electron chi connectivity index (χ3n) is 7.39. The van der Waals surface area contributed by atoms with Gasteiger partial charge in [0.1, 0.15) is 11.2 Å². The number of likely N-dealkylation sites (tertiary alicyclic amines) is 1. The van der Waals surface area contributed by atoms with Gasteiger partial charge in [-0.15, -0.1) is 0 Å². The number of anilines is 3. The van der Waals surface area contributed by atoms with E-state index in [-0.39, 0.29) is 35.6 Å². The molecule has 0 bridgehead atoms. The number of carbonyl (C=O) groups excluding carboxylic acids is 1. The lowest BCUT2D eigenvalue weighted by molar-refractivity contribution is -0.138. The fourth-order valence-corrected chi connectivity index (χ4v) is 5.11. The molecule has 0 atom stereocenters. The van der Waals surface area contributed by atoms with Gasteiger partial charge in [0.25, 0.3) is 5.56 Å². The molecule has 202 valence electrons. The minimum Gasteiger partial charge on any atom is -0.396 e. The molecule has 0 radical (unpaired) electrons. The molecule has 5 rings (SSSR count). The van der Waals surface area contributed by atoms with Gasteiger partial charge in [0, 0.05) is 50.6 Å². The van der Waals surface area contributed by atoms with Crippen LogP contribution in [0.5, 0.6) is 0 Å². The number of amides is 1. The van der Waals surface area contributed by atoms with E-state index in [1.165, 1.54) is 18.3 Å². The maximum absolute atomic E-state index is 13.0. The van der Waals surface area contributed by atoms with Crippen molar-refractivity contribution < 1.29 is 23.1 Å². The Morgan fingerprint density at radius 2 is 1.71 bits per heavy atom. The summed E-state index contributed by atoms with van der Waals surface area (Å²) in [5.41, 5.74) is -0.443. The van der Waals surface area contributed by atoms with Gasteiger partial charge in [-0.2, -0.15) is 18.2 Å². The predicted molar refractivity (Wildman–Crippen MR) is 136 cm³/mol. The summed E-state index contributed by atoms with van der Waals surface area (Å²) in [4.78, 5) is 41.2. The number of aliphatic hydroxyl groups excluding tert-OH is 1. The number of pyridine rings is 1. The molecule has 38 heavy (non-hydrogen) atoms. The highest BCUT2D eigenvalue weighted by Gasteiger charge is 2.32. The molecule has 4 heterocycles. The molecule has 0 saturated carbocycles. The fraction of sp³-hybridized carbons (Fsp3) is 0.462. The Kier molecular flexibility index (Phi) is 7.24. The van der Waals surface area contributed by atoms with Gasteiger partial charge >= 0.3 is 6.18 Å². The van der Waals surface area contributed by atoms with Crippen LogP contribution in [0.3, 0.4) is 0 Å². The molecule has 12 heteroatoms. The monoisotopic (exact) mass is 530 g/mol. The summed E-state index contributed by atoms with van der Waals surface area (Å²) in [5.74, 6) is 0.897. The molecular weight excluding hydrogens is 501 g/mol. The standard InChI is InChI=1S/C26H29F3N6O3/c27-26(28,29)18-1-3-19(4-2-18)31-22-21-20(5-10-30-23(21)37)32-25(33-22)35-13-8-17(9-14-35)24(38)34-11-6-16(15-36)7-12-34/h1-5,10,16-17,36H,6-9,11-15H2,(H,30,37)(H,31,32,33). The van der Waals surface area contributed by atoms with E-state index in [0.29, 0.717) is 56.2 Å². The van der Waals surface area contributed by atoms with Crippen molar-refractivity contribution in [3.05, 3.63) is 52.4 Å². The van der Waals surface area contributed by atoms with Crippen LogP contribution >= 0.6 is 0 Å². The molecule has 2 fully saturated rings. The van der Waals surface area contributed by atoms with Gasteiger partial charge < -0.3 is 25.2 Å². The highest BCUT2D eigenvalue weighted by Crippen LogP contribution is 2.32. The first-order valence-electron chi connectivity index (χ1n) is 12.7. The Balaban J connectivity index is 1.33. The average molecular weight is 531 g/mol. The average Bonchev–Trinajstić information content (AvgIpc) is 2.92. The van der Waals surface area contributed by atoms with Crippen molar-refractivity contribution >= 4 is 34.3 Å². The van der Waals surface area contributed by atoms with Crippen LogP contribution in [-0.4, -0.2) is 63.7 Å². The van der Waals surface area contributed by atoms with Crippen LogP contribution in [-0.2, 0) is 11.0 Å². The van der Waals surface area contributed by atoms with E-state index in [2.05, 4.69) is 20.3 Å². The van der Waals surface area contributed by atoms with Crippen LogP contribution in [0.4, 0.5) is 30.6 Å². The van der Waals surface area contributed by atoms with Crippen LogP contribution in [0, 0.1) is 11.8 Å². The summed E-state index contributed by atoms with van der Waals surface area (Å²) in [6.45, 7) is 2.61. The molecule has 2 aromatic heterocycles.